The lowest BCUT2D eigenvalue weighted by molar-refractivity contribution is 0.183. The first-order chi connectivity index (χ1) is 18.3. The molecule has 0 unspecified atom stereocenters. The van der Waals surface area contributed by atoms with Gasteiger partial charge in [-0.2, -0.15) is 0 Å². The zero-order chi connectivity index (χ0) is 25.3. The molecule has 0 saturated carbocycles. The molecule has 0 radical (unpaired) electrons. The van der Waals surface area contributed by atoms with Crippen LogP contribution in [0.2, 0.25) is 0 Å². The first kappa shape index (κ1) is 25.8. The monoisotopic (exact) mass is 513 g/mol. The minimum Gasteiger partial charge on any atom is -0.494 e. The Morgan fingerprint density at radius 3 is 2.22 bits per heavy atom. The van der Waals surface area contributed by atoms with Crippen molar-refractivity contribution in [2.45, 2.75) is 51.9 Å². The minimum atomic E-state index is 0.761. The first-order valence-electron chi connectivity index (χ1n) is 14.0. The number of benzene rings is 3. The van der Waals surface area contributed by atoms with Crippen molar-refractivity contribution in [3.05, 3.63) is 83.9 Å². The lowest BCUT2D eigenvalue weighted by atomic mass is 9.99. The molecule has 3 aromatic carbocycles. The minimum absolute atomic E-state index is 0.761. The van der Waals surface area contributed by atoms with Crippen LogP contribution < -0.4 is 9.47 Å². The molecule has 1 aliphatic heterocycles. The van der Waals surface area contributed by atoms with Gasteiger partial charge in [0.05, 0.1) is 6.61 Å². The van der Waals surface area contributed by atoms with E-state index < -0.39 is 0 Å². The highest BCUT2D eigenvalue weighted by molar-refractivity contribution is 7.22. The fourth-order valence-electron chi connectivity index (χ4n) is 5.14. The van der Waals surface area contributed by atoms with Crippen molar-refractivity contribution in [3.63, 3.8) is 0 Å². The summed E-state index contributed by atoms with van der Waals surface area (Å²) in [5.74, 6) is 1.92. The third-order valence-electron chi connectivity index (χ3n) is 7.26. The quantitative estimate of drug-likeness (QED) is 0.177. The topological polar surface area (TPSA) is 21.7 Å². The molecular weight excluding hydrogens is 474 g/mol. The molecule has 1 aromatic heterocycles. The average Bonchev–Trinajstić information content (AvgIpc) is 3.31. The summed E-state index contributed by atoms with van der Waals surface area (Å²) in [4.78, 5) is 3.87. The molecule has 3 nitrogen and oxygen atoms in total. The van der Waals surface area contributed by atoms with Crippen LogP contribution in [0.5, 0.6) is 11.5 Å². The van der Waals surface area contributed by atoms with Gasteiger partial charge in [-0.3, -0.25) is 4.90 Å². The van der Waals surface area contributed by atoms with Gasteiger partial charge in [0.2, 0.25) is 0 Å². The fourth-order valence-corrected chi connectivity index (χ4v) is 6.36. The van der Waals surface area contributed by atoms with Crippen LogP contribution in [-0.2, 0) is 6.42 Å². The Bertz CT molecular complexity index is 1240. The number of unbranched alkanes of at least 4 members (excludes halogenated alkanes) is 2. The van der Waals surface area contributed by atoms with Crippen molar-refractivity contribution in [2.75, 3.05) is 32.8 Å². The van der Waals surface area contributed by atoms with Crippen LogP contribution in [0.4, 0.5) is 0 Å². The van der Waals surface area contributed by atoms with E-state index in [4.69, 9.17) is 9.47 Å². The summed E-state index contributed by atoms with van der Waals surface area (Å²) in [7, 11) is 0. The van der Waals surface area contributed by atoms with E-state index in [1.165, 1.54) is 76.8 Å². The van der Waals surface area contributed by atoms with Crippen LogP contribution in [0.3, 0.4) is 0 Å². The molecule has 37 heavy (non-hydrogen) atoms. The summed E-state index contributed by atoms with van der Waals surface area (Å²) < 4.78 is 13.3. The van der Waals surface area contributed by atoms with Crippen molar-refractivity contribution in [3.8, 4) is 21.9 Å². The van der Waals surface area contributed by atoms with Gasteiger partial charge in [-0.25, -0.2) is 0 Å². The standard InChI is InChI=1S/C33H39NO2S/c1-2-3-9-23-35-29-18-14-27(15-19-29)33-31(30-10-5-6-11-32(30)37-33)25-26-12-16-28(17-13-26)36-24-22-34-20-7-4-8-21-34/h5-6,10-19H,2-4,7-9,20-25H2,1H3. The number of rotatable bonds is 12. The molecule has 0 N–H and O–H groups in total. The fraction of sp³-hybridized carbons (Fsp3) is 0.394. The van der Waals surface area contributed by atoms with Crippen molar-refractivity contribution in [1.82, 2.24) is 4.90 Å². The van der Waals surface area contributed by atoms with Gasteiger partial charge in [0.1, 0.15) is 18.1 Å². The largest absolute Gasteiger partial charge is 0.494 e. The van der Waals surface area contributed by atoms with Gasteiger partial charge in [0.25, 0.3) is 0 Å². The predicted octanol–water partition coefficient (Wildman–Crippen LogP) is 8.59. The van der Waals surface area contributed by atoms with E-state index in [2.05, 4.69) is 84.6 Å². The van der Waals surface area contributed by atoms with Gasteiger partial charge in [0, 0.05) is 16.1 Å². The molecule has 0 aliphatic carbocycles. The van der Waals surface area contributed by atoms with Gasteiger partial charge < -0.3 is 9.47 Å². The van der Waals surface area contributed by atoms with Crippen LogP contribution in [-0.4, -0.2) is 37.7 Å². The Hall–Kier alpha value is -2.82. The number of likely N-dealkylation sites (tertiary alicyclic amines) is 1. The van der Waals surface area contributed by atoms with E-state index in [1.54, 1.807) is 0 Å². The van der Waals surface area contributed by atoms with E-state index >= 15 is 0 Å². The molecule has 1 fully saturated rings. The summed E-state index contributed by atoms with van der Waals surface area (Å²) >= 11 is 1.88. The summed E-state index contributed by atoms with van der Waals surface area (Å²) in [6.07, 6.45) is 8.47. The predicted molar refractivity (Wildman–Crippen MR) is 157 cm³/mol. The van der Waals surface area contributed by atoms with Crippen LogP contribution in [0.25, 0.3) is 20.5 Å². The molecule has 4 aromatic rings. The van der Waals surface area contributed by atoms with Crippen molar-refractivity contribution in [2.24, 2.45) is 0 Å². The molecule has 0 amide bonds. The first-order valence-corrected chi connectivity index (χ1v) is 14.8. The van der Waals surface area contributed by atoms with Crippen molar-refractivity contribution >= 4 is 21.4 Å². The van der Waals surface area contributed by atoms with Gasteiger partial charge in [-0.1, -0.05) is 56.5 Å². The molecule has 194 valence electrons. The molecule has 4 heteroatoms. The zero-order valence-electron chi connectivity index (χ0n) is 22.1. The summed E-state index contributed by atoms with van der Waals surface area (Å²) in [5, 5.41) is 1.35. The Labute approximate surface area is 226 Å². The summed E-state index contributed by atoms with van der Waals surface area (Å²) in [5.41, 5.74) is 3.97. The second-order valence-corrected chi connectivity index (χ2v) is 11.1. The maximum Gasteiger partial charge on any atom is 0.119 e. The maximum atomic E-state index is 6.06. The molecule has 1 saturated heterocycles. The Kier molecular flexibility index (Phi) is 9.15. The Morgan fingerprint density at radius 1 is 0.757 bits per heavy atom. The number of piperidine rings is 1. The average molecular weight is 514 g/mol. The number of thiophene rings is 1. The van der Waals surface area contributed by atoms with Gasteiger partial charge in [-0.15, -0.1) is 11.3 Å². The lowest BCUT2D eigenvalue weighted by Gasteiger charge is -2.26. The molecule has 1 aliphatic rings. The SMILES string of the molecule is CCCCCOc1ccc(-c2sc3ccccc3c2Cc2ccc(OCCN3CCCCC3)cc2)cc1. The smallest absolute Gasteiger partial charge is 0.119 e. The second-order valence-electron chi connectivity index (χ2n) is 10.1. The third kappa shape index (κ3) is 6.94. The highest BCUT2D eigenvalue weighted by atomic mass is 32.1. The molecular formula is C33H39NO2S. The van der Waals surface area contributed by atoms with Crippen molar-refractivity contribution in [1.29, 1.82) is 0 Å². The lowest BCUT2D eigenvalue weighted by Crippen LogP contribution is -2.33. The second kappa shape index (κ2) is 13.1. The number of ether oxygens (including phenoxy) is 2. The van der Waals surface area contributed by atoms with Gasteiger partial charge in [-0.05, 0) is 103 Å². The van der Waals surface area contributed by atoms with Crippen LogP contribution in [0.15, 0.2) is 72.8 Å². The highest BCUT2D eigenvalue weighted by Crippen LogP contribution is 2.40. The molecule has 2 heterocycles. The van der Waals surface area contributed by atoms with E-state index in [1.807, 2.05) is 11.3 Å². The number of fused-ring (bicyclic) bond motifs is 1. The van der Waals surface area contributed by atoms with Gasteiger partial charge >= 0.3 is 0 Å². The summed E-state index contributed by atoms with van der Waals surface area (Å²) in [6.45, 7) is 7.23. The van der Waals surface area contributed by atoms with Crippen molar-refractivity contribution < 1.29 is 9.47 Å². The Balaban J connectivity index is 1.27. The molecule has 5 rings (SSSR count). The third-order valence-corrected chi connectivity index (χ3v) is 8.52. The van der Waals surface area contributed by atoms with Crippen LogP contribution in [0, 0.1) is 0 Å². The molecule has 0 atom stereocenters. The highest BCUT2D eigenvalue weighted by Gasteiger charge is 2.15. The van der Waals surface area contributed by atoms with E-state index in [-0.39, 0.29) is 0 Å². The Morgan fingerprint density at radius 2 is 1.46 bits per heavy atom. The van der Waals surface area contributed by atoms with Gasteiger partial charge in [0.15, 0.2) is 0 Å². The van der Waals surface area contributed by atoms with E-state index in [0.29, 0.717) is 0 Å². The maximum absolute atomic E-state index is 6.06. The van der Waals surface area contributed by atoms with E-state index in [9.17, 15) is 0 Å². The number of hydrogen-bond acceptors (Lipinski definition) is 4. The number of hydrogen-bond donors (Lipinski definition) is 0. The molecule has 0 bridgehead atoms. The van der Waals surface area contributed by atoms with Crippen LogP contribution >= 0.6 is 11.3 Å². The zero-order valence-corrected chi connectivity index (χ0v) is 22.9. The summed E-state index contributed by atoms with van der Waals surface area (Å²) in [6, 6.07) is 26.1. The van der Waals surface area contributed by atoms with E-state index in [0.717, 1.165) is 44.1 Å². The number of nitrogens with zero attached hydrogens (tertiary/aromatic N) is 1. The van der Waals surface area contributed by atoms with Crippen LogP contribution in [0.1, 0.15) is 56.6 Å². The normalized spacial score (nSPS) is 14.2. The molecule has 0 spiro atoms.